The molecule has 2 aromatic rings. The molecule has 1 aromatic heterocycles. The van der Waals surface area contributed by atoms with Gasteiger partial charge < -0.3 is 10.6 Å². The number of anilines is 1. The summed E-state index contributed by atoms with van der Waals surface area (Å²) in [6.45, 7) is 5.06. The number of pyridine rings is 1. The third kappa shape index (κ3) is 6.36. The van der Waals surface area contributed by atoms with Crippen LogP contribution in [0.2, 0.25) is 0 Å². The first-order valence-electron chi connectivity index (χ1n) is 9.97. The zero-order valence-electron chi connectivity index (χ0n) is 16.2. The van der Waals surface area contributed by atoms with Crippen LogP contribution in [0.5, 0.6) is 0 Å². The van der Waals surface area contributed by atoms with Crippen molar-refractivity contribution in [3.63, 3.8) is 0 Å². The van der Waals surface area contributed by atoms with Crippen LogP contribution in [0, 0.1) is 0 Å². The Labute approximate surface area is 162 Å². The second-order valence-electron chi connectivity index (χ2n) is 7.36. The Bertz CT molecular complexity index is 719. The highest BCUT2D eigenvalue weighted by molar-refractivity contribution is 5.89. The van der Waals surface area contributed by atoms with E-state index in [1.165, 1.54) is 30.4 Å². The molecule has 0 unspecified atom stereocenters. The monoisotopic (exact) mass is 366 g/mol. The van der Waals surface area contributed by atoms with E-state index in [1.807, 2.05) is 24.4 Å². The molecule has 0 aliphatic carbocycles. The lowest BCUT2D eigenvalue weighted by molar-refractivity contribution is 0.152. The SMILES string of the molecule is C[C@H]1CCCCN1Cc1cccc(NC(=O)NCCCc2cccnc2)c1. The predicted octanol–water partition coefficient (Wildman–Crippen LogP) is 4.21. The van der Waals surface area contributed by atoms with E-state index >= 15 is 0 Å². The van der Waals surface area contributed by atoms with Crippen molar-refractivity contribution in [1.82, 2.24) is 15.2 Å². The van der Waals surface area contributed by atoms with Crippen LogP contribution in [0.4, 0.5) is 10.5 Å². The molecule has 144 valence electrons. The van der Waals surface area contributed by atoms with Crippen LogP contribution in [-0.2, 0) is 13.0 Å². The summed E-state index contributed by atoms with van der Waals surface area (Å²) in [7, 11) is 0. The number of likely N-dealkylation sites (tertiary alicyclic amines) is 1. The van der Waals surface area contributed by atoms with Crippen LogP contribution < -0.4 is 10.6 Å². The molecule has 0 spiro atoms. The molecule has 0 saturated carbocycles. The highest BCUT2D eigenvalue weighted by atomic mass is 16.2. The lowest BCUT2D eigenvalue weighted by Gasteiger charge is -2.33. The van der Waals surface area contributed by atoms with Crippen molar-refractivity contribution in [3.05, 3.63) is 59.9 Å². The molecule has 0 bridgehead atoms. The average molecular weight is 367 g/mol. The Kier molecular flexibility index (Phi) is 7.22. The fourth-order valence-corrected chi connectivity index (χ4v) is 3.59. The highest BCUT2D eigenvalue weighted by Gasteiger charge is 2.18. The highest BCUT2D eigenvalue weighted by Crippen LogP contribution is 2.20. The molecule has 1 aliphatic rings. The van der Waals surface area contributed by atoms with Gasteiger partial charge in [0.25, 0.3) is 0 Å². The molecular weight excluding hydrogens is 336 g/mol. The smallest absolute Gasteiger partial charge is 0.319 e. The first kappa shape index (κ1) is 19.4. The van der Waals surface area contributed by atoms with E-state index in [0.717, 1.165) is 31.6 Å². The fraction of sp³-hybridized carbons (Fsp3) is 0.455. The molecule has 5 nitrogen and oxygen atoms in total. The van der Waals surface area contributed by atoms with Crippen molar-refractivity contribution < 1.29 is 4.79 Å². The van der Waals surface area contributed by atoms with Crippen LogP contribution in [0.1, 0.15) is 43.7 Å². The number of amides is 2. The van der Waals surface area contributed by atoms with Crippen molar-refractivity contribution in [3.8, 4) is 0 Å². The number of urea groups is 1. The summed E-state index contributed by atoms with van der Waals surface area (Å²) in [6.07, 6.45) is 9.34. The first-order valence-corrected chi connectivity index (χ1v) is 9.97. The van der Waals surface area contributed by atoms with Crippen LogP contribution in [0.15, 0.2) is 48.8 Å². The second-order valence-corrected chi connectivity index (χ2v) is 7.36. The molecule has 27 heavy (non-hydrogen) atoms. The summed E-state index contributed by atoms with van der Waals surface area (Å²) in [4.78, 5) is 18.8. The molecule has 0 radical (unpaired) electrons. The Morgan fingerprint density at radius 2 is 2.11 bits per heavy atom. The number of nitrogens with zero attached hydrogens (tertiary/aromatic N) is 2. The van der Waals surface area contributed by atoms with Gasteiger partial charge in [-0.25, -0.2) is 4.79 Å². The van der Waals surface area contributed by atoms with Gasteiger partial charge >= 0.3 is 6.03 Å². The topological polar surface area (TPSA) is 57.3 Å². The minimum atomic E-state index is -0.148. The fourth-order valence-electron chi connectivity index (χ4n) is 3.59. The summed E-state index contributed by atoms with van der Waals surface area (Å²) in [6, 6.07) is 12.7. The van der Waals surface area contributed by atoms with Gasteiger partial charge in [0, 0.05) is 37.2 Å². The number of carbonyl (C=O) groups excluding carboxylic acids is 1. The number of piperidine rings is 1. The largest absolute Gasteiger partial charge is 0.338 e. The van der Waals surface area contributed by atoms with Gasteiger partial charge in [-0.1, -0.05) is 24.6 Å². The van der Waals surface area contributed by atoms with Crippen molar-refractivity contribution in [2.24, 2.45) is 0 Å². The summed E-state index contributed by atoms with van der Waals surface area (Å²) < 4.78 is 0. The minimum Gasteiger partial charge on any atom is -0.338 e. The Morgan fingerprint density at radius 1 is 1.22 bits per heavy atom. The van der Waals surface area contributed by atoms with Crippen LogP contribution in [0.25, 0.3) is 0 Å². The molecular formula is C22H30N4O. The van der Waals surface area contributed by atoms with Crippen molar-refractivity contribution >= 4 is 11.7 Å². The number of hydrogen-bond acceptors (Lipinski definition) is 3. The zero-order chi connectivity index (χ0) is 18.9. The molecule has 1 aromatic carbocycles. The number of carbonyl (C=O) groups is 1. The van der Waals surface area contributed by atoms with Crippen molar-refractivity contribution in [2.75, 3.05) is 18.4 Å². The van der Waals surface area contributed by atoms with E-state index in [4.69, 9.17) is 0 Å². The van der Waals surface area contributed by atoms with Gasteiger partial charge in [-0.05, 0) is 68.5 Å². The Morgan fingerprint density at radius 3 is 2.93 bits per heavy atom. The van der Waals surface area contributed by atoms with E-state index in [0.29, 0.717) is 12.6 Å². The summed E-state index contributed by atoms with van der Waals surface area (Å²) >= 11 is 0. The van der Waals surface area contributed by atoms with E-state index < -0.39 is 0 Å². The van der Waals surface area contributed by atoms with Crippen LogP contribution in [-0.4, -0.2) is 35.0 Å². The van der Waals surface area contributed by atoms with Gasteiger partial charge in [0.05, 0.1) is 0 Å². The van der Waals surface area contributed by atoms with Gasteiger partial charge in [-0.15, -0.1) is 0 Å². The third-order valence-electron chi connectivity index (χ3n) is 5.16. The molecule has 2 amide bonds. The van der Waals surface area contributed by atoms with Crippen LogP contribution >= 0.6 is 0 Å². The zero-order valence-corrected chi connectivity index (χ0v) is 16.2. The van der Waals surface area contributed by atoms with Gasteiger partial charge in [-0.2, -0.15) is 0 Å². The first-order chi connectivity index (χ1) is 13.2. The number of aryl methyl sites for hydroxylation is 1. The maximum atomic E-state index is 12.1. The van der Waals surface area contributed by atoms with Gasteiger partial charge in [0.15, 0.2) is 0 Å². The average Bonchev–Trinajstić information content (AvgIpc) is 2.68. The maximum Gasteiger partial charge on any atom is 0.319 e. The minimum absolute atomic E-state index is 0.148. The molecule has 2 N–H and O–H groups in total. The quantitative estimate of drug-likeness (QED) is 0.722. The molecule has 5 heteroatoms. The van der Waals surface area contributed by atoms with Gasteiger partial charge in [0.1, 0.15) is 0 Å². The second kappa shape index (κ2) is 10.1. The molecule has 1 saturated heterocycles. The molecule has 2 heterocycles. The maximum absolute atomic E-state index is 12.1. The molecule has 1 aliphatic heterocycles. The van der Waals surface area contributed by atoms with E-state index in [9.17, 15) is 4.79 Å². The Hall–Kier alpha value is -2.40. The van der Waals surface area contributed by atoms with Crippen molar-refractivity contribution in [2.45, 2.75) is 51.6 Å². The van der Waals surface area contributed by atoms with E-state index in [2.05, 4.69) is 45.6 Å². The summed E-state index contributed by atoms with van der Waals surface area (Å²) in [5, 5.41) is 5.88. The number of aromatic nitrogens is 1. The van der Waals surface area contributed by atoms with E-state index in [1.54, 1.807) is 6.20 Å². The summed E-state index contributed by atoms with van der Waals surface area (Å²) in [5.74, 6) is 0. The number of nitrogens with one attached hydrogen (secondary N) is 2. The van der Waals surface area contributed by atoms with Crippen molar-refractivity contribution in [1.29, 1.82) is 0 Å². The van der Waals surface area contributed by atoms with E-state index in [-0.39, 0.29) is 6.03 Å². The number of benzene rings is 1. The van der Waals surface area contributed by atoms with Crippen LogP contribution in [0.3, 0.4) is 0 Å². The van der Waals surface area contributed by atoms with Gasteiger partial charge in [0.2, 0.25) is 0 Å². The standard InChI is InChI=1S/C22H30N4O/c1-18-7-2-3-14-26(18)17-20-8-4-11-21(15-20)25-22(27)24-13-6-10-19-9-5-12-23-16-19/h4-5,8-9,11-12,15-16,18H,2-3,6-7,10,13-14,17H2,1H3,(H2,24,25,27)/t18-/m0/s1. The summed E-state index contributed by atoms with van der Waals surface area (Å²) in [5.41, 5.74) is 3.29. The number of hydrogen-bond donors (Lipinski definition) is 2. The Balaban J connectivity index is 1.42. The molecule has 1 atom stereocenters. The number of rotatable bonds is 7. The third-order valence-corrected chi connectivity index (χ3v) is 5.16. The van der Waals surface area contributed by atoms with Gasteiger partial charge in [-0.3, -0.25) is 9.88 Å². The normalized spacial score (nSPS) is 17.4. The lowest BCUT2D eigenvalue weighted by atomic mass is 10.0. The lowest BCUT2D eigenvalue weighted by Crippen LogP contribution is -2.36. The molecule has 3 rings (SSSR count). The molecule has 1 fully saturated rings. The predicted molar refractivity (Wildman–Crippen MR) is 110 cm³/mol.